The molecule has 0 aliphatic rings. The molecular formula is C14H23NO4S. The highest BCUT2D eigenvalue weighted by Gasteiger charge is 2.13. The van der Waals surface area contributed by atoms with Crippen LogP contribution in [-0.4, -0.2) is 40.2 Å². The lowest BCUT2D eigenvalue weighted by Gasteiger charge is -2.15. The van der Waals surface area contributed by atoms with Crippen LogP contribution >= 0.6 is 0 Å². The van der Waals surface area contributed by atoms with Gasteiger partial charge >= 0.3 is 0 Å². The lowest BCUT2D eigenvalue weighted by atomic mass is 10.2. The Morgan fingerprint density at radius 2 is 2.00 bits per heavy atom. The predicted molar refractivity (Wildman–Crippen MR) is 80.2 cm³/mol. The molecule has 0 saturated carbocycles. The molecule has 0 amide bonds. The summed E-state index contributed by atoms with van der Waals surface area (Å²) in [6, 6.07) is 5.63. The van der Waals surface area contributed by atoms with E-state index in [2.05, 4.69) is 5.32 Å². The van der Waals surface area contributed by atoms with Gasteiger partial charge in [-0.15, -0.1) is 0 Å². The van der Waals surface area contributed by atoms with Crippen molar-refractivity contribution in [1.82, 2.24) is 5.32 Å². The fraction of sp³-hybridized carbons (Fsp3) is 0.571. The maximum Gasteiger partial charge on any atom is 0.165 e. The molecule has 0 aromatic heterocycles. The number of hydrogen-bond acceptors (Lipinski definition) is 5. The van der Waals surface area contributed by atoms with Crippen LogP contribution in [0.3, 0.4) is 0 Å². The van der Waals surface area contributed by atoms with Crippen molar-refractivity contribution >= 4 is 9.84 Å². The molecule has 0 bridgehead atoms. The van der Waals surface area contributed by atoms with Gasteiger partial charge in [-0.3, -0.25) is 0 Å². The second kappa shape index (κ2) is 8.11. The van der Waals surface area contributed by atoms with Crippen LogP contribution in [0.4, 0.5) is 0 Å². The van der Waals surface area contributed by atoms with Crippen molar-refractivity contribution in [3.63, 3.8) is 0 Å². The number of benzene rings is 1. The Hall–Kier alpha value is -1.27. The van der Waals surface area contributed by atoms with E-state index in [0.717, 1.165) is 12.1 Å². The van der Waals surface area contributed by atoms with Crippen molar-refractivity contribution in [1.29, 1.82) is 0 Å². The number of methoxy groups -OCH3 is 1. The Bertz CT molecular complexity index is 514. The molecule has 0 fully saturated rings. The molecule has 1 aromatic carbocycles. The molecule has 6 heteroatoms. The molecule has 114 valence electrons. The second-order valence-corrected chi connectivity index (χ2v) is 6.79. The van der Waals surface area contributed by atoms with Crippen LogP contribution in [0.2, 0.25) is 0 Å². The first-order chi connectivity index (χ1) is 9.54. The van der Waals surface area contributed by atoms with Crippen molar-refractivity contribution < 1.29 is 17.9 Å². The Balaban J connectivity index is 2.80. The van der Waals surface area contributed by atoms with E-state index in [-0.39, 0.29) is 18.1 Å². The lowest BCUT2D eigenvalue weighted by Crippen LogP contribution is -2.17. The molecule has 0 spiro atoms. The van der Waals surface area contributed by atoms with Crippen LogP contribution in [0.15, 0.2) is 18.2 Å². The fourth-order valence-corrected chi connectivity index (χ4v) is 2.33. The highest BCUT2D eigenvalue weighted by molar-refractivity contribution is 7.91. The number of sulfone groups is 1. The molecule has 0 aliphatic heterocycles. The molecule has 0 atom stereocenters. The first kappa shape index (κ1) is 16.8. The average molecular weight is 301 g/mol. The first-order valence-electron chi connectivity index (χ1n) is 6.73. The highest BCUT2D eigenvalue weighted by atomic mass is 32.2. The summed E-state index contributed by atoms with van der Waals surface area (Å²) in [7, 11) is -1.45. The van der Waals surface area contributed by atoms with E-state index < -0.39 is 9.84 Å². The summed E-state index contributed by atoms with van der Waals surface area (Å²) >= 11 is 0. The van der Waals surface area contributed by atoms with Crippen molar-refractivity contribution in [3.05, 3.63) is 23.8 Å². The van der Waals surface area contributed by atoms with Gasteiger partial charge in [0.05, 0.1) is 12.9 Å². The summed E-state index contributed by atoms with van der Waals surface area (Å²) in [5, 5.41) is 3.22. The number of para-hydroxylation sites is 1. The van der Waals surface area contributed by atoms with Crippen molar-refractivity contribution in [2.75, 3.05) is 31.8 Å². The van der Waals surface area contributed by atoms with Gasteiger partial charge in [-0.2, -0.15) is 0 Å². The van der Waals surface area contributed by atoms with E-state index in [1.54, 1.807) is 20.1 Å². The third-order valence-corrected chi connectivity index (χ3v) is 4.59. The smallest absolute Gasteiger partial charge is 0.165 e. The van der Waals surface area contributed by atoms with E-state index >= 15 is 0 Å². The van der Waals surface area contributed by atoms with Crippen molar-refractivity contribution in [2.45, 2.75) is 20.4 Å². The molecule has 1 rings (SSSR count). The molecule has 0 radical (unpaired) electrons. The topological polar surface area (TPSA) is 64.6 Å². The SMILES string of the molecule is CCNCc1cccc(OC)c1OCCS(=O)(=O)CC. The number of hydrogen-bond donors (Lipinski definition) is 1. The van der Waals surface area contributed by atoms with Crippen molar-refractivity contribution in [2.24, 2.45) is 0 Å². The fourth-order valence-electron chi connectivity index (χ4n) is 1.70. The molecule has 0 saturated heterocycles. The van der Waals surface area contributed by atoms with E-state index in [1.807, 2.05) is 19.1 Å². The van der Waals surface area contributed by atoms with Crippen molar-refractivity contribution in [3.8, 4) is 11.5 Å². The van der Waals surface area contributed by atoms with E-state index in [4.69, 9.17) is 9.47 Å². The van der Waals surface area contributed by atoms with Crippen LogP contribution < -0.4 is 14.8 Å². The van der Waals surface area contributed by atoms with Gasteiger partial charge in [-0.1, -0.05) is 26.0 Å². The number of ether oxygens (including phenoxy) is 2. The minimum Gasteiger partial charge on any atom is -0.493 e. The third-order valence-electron chi connectivity index (χ3n) is 2.93. The average Bonchev–Trinajstić information content (AvgIpc) is 2.45. The zero-order chi connectivity index (χ0) is 15.0. The Kier molecular flexibility index (Phi) is 6.81. The minimum atomic E-state index is -3.02. The van der Waals surface area contributed by atoms with Crippen LogP contribution in [0, 0.1) is 0 Å². The van der Waals surface area contributed by atoms with Gasteiger partial charge < -0.3 is 14.8 Å². The Labute approximate surface area is 121 Å². The Morgan fingerprint density at radius 3 is 2.60 bits per heavy atom. The van der Waals surface area contributed by atoms with Crippen LogP contribution in [-0.2, 0) is 16.4 Å². The summed E-state index contributed by atoms with van der Waals surface area (Å²) < 4.78 is 33.9. The van der Waals surface area contributed by atoms with Gasteiger partial charge in [0.1, 0.15) is 6.61 Å². The van der Waals surface area contributed by atoms with E-state index in [0.29, 0.717) is 18.0 Å². The normalized spacial score (nSPS) is 11.3. The van der Waals surface area contributed by atoms with Crippen LogP contribution in [0.1, 0.15) is 19.4 Å². The molecule has 0 heterocycles. The maximum atomic E-state index is 11.5. The van der Waals surface area contributed by atoms with Gasteiger partial charge in [0.15, 0.2) is 21.3 Å². The third kappa shape index (κ3) is 5.02. The van der Waals surface area contributed by atoms with E-state index in [1.165, 1.54) is 0 Å². The summed E-state index contributed by atoms with van der Waals surface area (Å²) in [5.74, 6) is 1.38. The zero-order valence-corrected chi connectivity index (χ0v) is 13.1. The summed E-state index contributed by atoms with van der Waals surface area (Å²) in [4.78, 5) is 0. The maximum absolute atomic E-state index is 11.5. The summed E-state index contributed by atoms with van der Waals surface area (Å²) in [6.07, 6.45) is 0. The molecular weight excluding hydrogens is 278 g/mol. The molecule has 20 heavy (non-hydrogen) atoms. The zero-order valence-electron chi connectivity index (χ0n) is 12.3. The monoisotopic (exact) mass is 301 g/mol. The summed E-state index contributed by atoms with van der Waals surface area (Å²) in [6.45, 7) is 5.30. The van der Waals surface area contributed by atoms with Gasteiger partial charge in [0.25, 0.3) is 0 Å². The molecule has 0 unspecified atom stereocenters. The molecule has 5 nitrogen and oxygen atoms in total. The van der Waals surface area contributed by atoms with Gasteiger partial charge in [0.2, 0.25) is 0 Å². The standard InChI is InChI=1S/C14H23NO4S/c1-4-15-11-12-7-6-8-13(18-3)14(12)19-9-10-20(16,17)5-2/h6-8,15H,4-5,9-11H2,1-3H3. The second-order valence-electron chi connectivity index (χ2n) is 4.31. The molecule has 0 aliphatic carbocycles. The largest absolute Gasteiger partial charge is 0.493 e. The quantitative estimate of drug-likeness (QED) is 0.751. The van der Waals surface area contributed by atoms with Gasteiger partial charge in [0, 0.05) is 17.9 Å². The first-order valence-corrected chi connectivity index (χ1v) is 8.56. The lowest BCUT2D eigenvalue weighted by molar-refractivity contribution is 0.307. The number of nitrogens with one attached hydrogen (secondary N) is 1. The summed E-state index contributed by atoms with van der Waals surface area (Å²) in [5.41, 5.74) is 0.958. The van der Waals surface area contributed by atoms with Crippen LogP contribution in [0.25, 0.3) is 0 Å². The van der Waals surface area contributed by atoms with Gasteiger partial charge in [-0.25, -0.2) is 8.42 Å². The van der Waals surface area contributed by atoms with Gasteiger partial charge in [-0.05, 0) is 12.6 Å². The van der Waals surface area contributed by atoms with Crippen LogP contribution in [0.5, 0.6) is 11.5 Å². The Morgan fingerprint density at radius 1 is 1.25 bits per heavy atom. The minimum absolute atomic E-state index is 0.0161. The molecule has 1 aromatic rings. The predicted octanol–water partition coefficient (Wildman–Crippen LogP) is 1.62. The number of rotatable bonds is 9. The molecule has 1 N–H and O–H groups in total. The highest BCUT2D eigenvalue weighted by Crippen LogP contribution is 2.31. The van der Waals surface area contributed by atoms with E-state index in [9.17, 15) is 8.42 Å².